The Labute approximate surface area is 179 Å². The Morgan fingerprint density at radius 2 is 1.77 bits per heavy atom. The van der Waals surface area contributed by atoms with Gasteiger partial charge < -0.3 is 19.9 Å². The number of methoxy groups -OCH3 is 1. The van der Waals surface area contributed by atoms with E-state index in [0.717, 1.165) is 0 Å². The minimum atomic E-state index is -0.579. The molecule has 4 rings (SSSR count). The zero-order valence-electron chi connectivity index (χ0n) is 17.7. The molecule has 1 atom stereocenters. The van der Waals surface area contributed by atoms with Crippen molar-refractivity contribution >= 4 is 34.0 Å². The number of nitrogens with two attached hydrogens (primary N) is 1. The van der Waals surface area contributed by atoms with E-state index in [1.165, 1.54) is 0 Å². The molecular formula is C23H24N4O4. The summed E-state index contributed by atoms with van der Waals surface area (Å²) in [6.07, 6.45) is -0.445. The number of anilines is 1. The van der Waals surface area contributed by atoms with Crippen LogP contribution in [0, 0.1) is 0 Å². The number of fused-ring (bicyclic) bond motifs is 2. The van der Waals surface area contributed by atoms with Gasteiger partial charge in [0.25, 0.3) is 0 Å². The molecule has 0 radical (unpaired) electrons. The van der Waals surface area contributed by atoms with Crippen molar-refractivity contribution in [2.24, 2.45) is 0 Å². The predicted octanol–water partition coefficient (Wildman–Crippen LogP) is 3.75. The molecule has 0 bridgehead atoms. The van der Waals surface area contributed by atoms with Crippen molar-refractivity contribution in [2.75, 3.05) is 26.1 Å². The maximum Gasteiger partial charge on any atom is 0.344 e. The van der Waals surface area contributed by atoms with E-state index >= 15 is 0 Å². The fraction of sp³-hybridized carbons (Fsp3) is 0.261. The van der Waals surface area contributed by atoms with E-state index in [4.69, 9.17) is 29.9 Å². The number of nitrogens with zero attached hydrogens (tertiary/aromatic N) is 3. The van der Waals surface area contributed by atoms with Crippen molar-refractivity contribution in [3.05, 3.63) is 54.1 Å². The Bertz CT molecular complexity index is 1250. The van der Waals surface area contributed by atoms with Crippen LogP contribution in [0.2, 0.25) is 0 Å². The average molecular weight is 420 g/mol. The van der Waals surface area contributed by atoms with Crippen molar-refractivity contribution in [3.63, 3.8) is 0 Å². The maximum absolute atomic E-state index is 13.1. The Kier molecular flexibility index (Phi) is 5.73. The summed E-state index contributed by atoms with van der Waals surface area (Å²) >= 11 is 0. The monoisotopic (exact) mass is 420 g/mol. The van der Waals surface area contributed by atoms with Crippen LogP contribution in [-0.2, 0) is 9.47 Å². The molecule has 160 valence electrons. The number of aromatic nitrogens is 3. The normalized spacial score (nSPS) is 12.2. The fourth-order valence-corrected chi connectivity index (χ4v) is 3.54. The molecule has 2 heterocycles. The van der Waals surface area contributed by atoms with E-state index < -0.39 is 12.1 Å². The standard InChI is InChI=1S/C23H24N4O4/c1-4-30-18-12-8-7-11-17(18)27-21(24)19(23(28)31-14(2)13-29-3)20-22(27)26-16-10-6-5-9-15(16)25-20/h5-12,14H,4,13,24H2,1-3H3. The Balaban J connectivity index is 1.99. The molecular weight excluding hydrogens is 396 g/mol. The average Bonchev–Trinajstić information content (AvgIpc) is 3.03. The minimum Gasteiger partial charge on any atom is -0.492 e. The molecule has 0 aliphatic carbocycles. The zero-order valence-corrected chi connectivity index (χ0v) is 17.7. The molecule has 0 fully saturated rings. The van der Waals surface area contributed by atoms with Crippen LogP contribution in [0.25, 0.3) is 27.9 Å². The third-order valence-electron chi connectivity index (χ3n) is 4.82. The topological polar surface area (TPSA) is 101 Å². The molecule has 2 N–H and O–H groups in total. The molecule has 31 heavy (non-hydrogen) atoms. The van der Waals surface area contributed by atoms with E-state index in [2.05, 4.69) is 0 Å². The first kappa shape index (κ1) is 20.6. The van der Waals surface area contributed by atoms with Crippen LogP contribution in [0.15, 0.2) is 48.5 Å². The predicted molar refractivity (Wildman–Crippen MR) is 119 cm³/mol. The molecule has 4 aromatic rings. The molecule has 0 aliphatic rings. The zero-order chi connectivity index (χ0) is 22.0. The van der Waals surface area contributed by atoms with Gasteiger partial charge in [0.1, 0.15) is 28.8 Å². The van der Waals surface area contributed by atoms with Crippen LogP contribution in [-0.4, -0.2) is 46.9 Å². The van der Waals surface area contributed by atoms with Crippen molar-refractivity contribution in [1.82, 2.24) is 14.5 Å². The van der Waals surface area contributed by atoms with E-state index in [1.807, 2.05) is 55.5 Å². The number of carbonyl (C=O) groups excluding carboxylic acids is 1. The van der Waals surface area contributed by atoms with Crippen LogP contribution in [0.1, 0.15) is 24.2 Å². The number of carbonyl (C=O) groups is 1. The van der Waals surface area contributed by atoms with E-state index in [9.17, 15) is 4.79 Å². The lowest BCUT2D eigenvalue weighted by Gasteiger charge is -2.14. The maximum atomic E-state index is 13.1. The summed E-state index contributed by atoms with van der Waals surface area (Å²) in [7, 11) is 1.55. The first-order valence-electron chi connectivity index (χ1n) is 10.0. The van der Waals surface area contributed by atoms with E-state index in [1.54, 1.807) is 18.6 Å². The van der Waals surface area contributed by atoms with Crippen LogP contribution < -0.4 is 10.5 Å². The summed E-state index contributed by atoms with van der Waals surface area (Å²) in [6.45, 7) is 4.41. The quantitative estimate of drug-likeness (QED) is 0.454. The Morgan fingerprint density at radius 3 is 2.48 bits per heavy atom. The highest BCUT2D eigenvalue weighted by Crippen LogP contribution is 2.35. The fourth-order valence-electron chi connectivity index (χ4n) is 3.54. The highest BCUT2D eigenvalue weighted by atomic mass is 16.6. The largest absolute Gasteiger partial charge is 0.492 e. The van der Waals surface area contributed by atoms with Crippen LogP contribution in [0.5, 0.6) is 5.75 Å². The van der Waals surface area contributed by atoms with Gasteiger partial charge in [-0.05, 0) is 38.1 Å². The molecule has 1 unspecified atom stereocenters. The minimum absolute atomic E-state index is 0.169. The van der Waals surface area contributed by atoms with Gasteiger partial charge >= 0.3 is 5.97 Å². The van der Waals surface area contributed by atoms with Crippen LogP contribution in [0.4, 0.5) is 5.82 Å². The van der Waals surface area contributed by atoms with Gasteiger partial charge in [0, 0.05) is 7.11 Å². The molecule has 8 heteroatoms. The number of hydrogen-bond acceptors (Lipinski definition) is 7. The third kappa shape index (κ3) is 3.77. The van der Waals surface area contributed by atoms with Crippen molar-refractivity contribution in [3.8, 4) is 11.4 Å². The smallest absolute Gasteiger partial charge is 0.344 e. The number of para-hydroxylation sites is 4. The van der Waals surface area contributed by atoms with Gasteiger partial charge in [0.2, 0.25) is 0 Å². The molecule has 0 saturated heterocycles. The Morgan fingerprint density at radius 1 is 1.10 bits per heavy atom. The third-order valence-corrected chi connectivity index (χ3v) is 4.82. The van der Waals surface area contributed by atoms with Gasteiger partial charge in [-0.2, -0.15) is 0 Å². The number of nitrogen functional groups attached to an aromatic ring is 1. The van der Waals surface area contributed by atoms with Crippen molar-refractivity contribution < 1.29 is 19.0 Å². The molecule has 0 saturated carbocycles. The highest BCUT2D eigenvalue weighted by molar-refractivity contribution is 6.09. The second-order valence-corrected chi connectivity index (χ2v) is 7.05. The first-order valence-corrected chi connectivity index (χ1v) is 10.0. The summed E-state index contributed by atoms with van der Waals surface area (Å²) in [4.78, 5) is 22.6. The van der Waals surface area contributed by atoms with E-state index in [0.29, 0.717) is 40.2 Å². The van der Waals surface area contributed by atoms with Gasteiger partial charge in [-0.1, -0.05) is 24.3 Å². The molecule has 0 spiro atoms. The summed E-state index contributed by atoms with van der Waals surface area (Å²) in [5.41, 5.74) is 9.53. The molecule has 8 nitrogen and oxygen atoms in total. The summed E-state index contributed by atoms with van der Waals surface area (Å²) in [5, 5.41) is 0. The molecule has 0 amide bonds. The summed E-state index contributed by atoms with van der Waals surface area (Å²) < 4.78 is 18.1. The highest BCUT2D eigenvalue weighted by Gasteiger charge is 2.28. The van der Waals surface area contributed by atoms with E-state index in [-0.39, 0.29) is 18.0 Å². The van der Waals surface area contributed by atoms with Gasteiger partial charge in [0.15, 0.2) is 5.65 Å². The summed E-state index contributed by atoms with van der Waals surface area (Å²) in [5.74, 6) is 0.229. The second-order valence-electron chi connectivity index (χ2n) is 7.05. The van der Waals surface area contributed by atoms with Crippen molar-refractivity contribution in [1.29, 1.82) is 0 Å². The van der Waals surface area contributed by atoms with Crippen molar-refractivity contribution in [2.45, 2.75) is 20.0 Å². The van der Waals surface area contributed by atoms with Gasteiger partial charge in [-0.3, -0.25) is 4.57 Å². The number of rotatable bonds is 7. The van der Waals surface area contributed by atoms with Gasteiger partial charge in [0.05, 0.1) is 29.9 Å². The van der Waals surface area contributed by atoms with Gasteiger partial charge in [-0.15, -0.1) is 0 Å². The Hall–Kier alpha value is -3.65. The lowest BCUT2D eigenvalue weighted by atomic mass is 10.2. The SMILES string of the molecule is CCOc1ccccc1-n1c(N)c(C(=O)OC(C)COC)c2nc3ccccc3nc21. The van der Waals surface area contributed by atoms with Gasteiger partial charge in [-0.25, -0.2) is 14.8 Å². The molecule has 0 aliphatic heterocycles. The van der Waals surface area contributed by atoms with Crippen LogP contribution in [0.3, 0.4) is 0 Å². The lowest BCUT2D eigenvalue weighted by Crippen LogP contribution is -2.20. The number of hydrogen-bond donors (Lipinski definition) is 1. The second kappa shape index (κ2) is 8.61. The number of esters is 1. The molecule has 2 aromatic heterocycles. The van der Waals surface area contributed by atoms with Crippen LogP contribution >= 0.6 is 0 Å². The number of ether oxygens (including phenoxy) is 3. The number of benzene rings is 2. The molecule has 2 aromatic carbocycles. The first-order chi connectivity index (χ1) is 15.0. The lowest BCUT2D eigenvalue weighted by molar-refractivity contribution is 0.0123. The summed E-state index contributed by atoms with van der Waals surface area (Å²) in [6, 6.07) is 14.9.